The molecular weight excluding hydrogens is 198 g/mol. The number of rotatable bonds is 3. The van der Waals surface area contributed by atoms with Crippen LogP contribution in [0.2, 0.25) is 0 Å². The molecule has 0 atom stereocenters. The second-order valence-electron chi connectivity index (χ2n) is 2.82. The van der Waals surface area contributed by atoms with Gasteiger partial charge in [-0.25, -0.2) is 0 Å². The second-order valence-corrected chi connectivity index (χ2v) is 2.82. The summed E-state index contributed by atoms with van der Waals surface area (Å²) in [6.45, 7) is 1.57. The lowest BCUT2D eigenvalue weighted by molar-refractivity contribution is -0.269. The number of anilines is 1. The van der Waals surface area contributed by atoms with Gasteiger partial charge in [-0.1, -0.05) is 11.7 Å². The van der Waals surface area contributed by atoms with Crippen LogP contribution in [0.5, 0.6) is 11.5 Å². The lowest BCUT2D eigenvalue weighted by Crippen LogP contribution is -2.14. The highest BCUT2D eigenvalue weighted by Crippen LogP contribution is 2.32. The maximum Gasteiger partial charge on any atom is 0.148 e. The van der Waals surface area contributed by atoms with Crippen molar-refractivity contribution >= 4 is 5.69 Å². The van der Waals surface area contributed by atoms with Crippen molar-refractivity contribution in [1.82, 2.24) is 0 Å². The van der Waals surface area contributed by atoms with Gasteiger partial charge in [0.2, 0.25) is 0 Å². The molecule has 0 aliphatic carbocycles. The van der Waals surface area contributed by atoms with Crippen molar-refractivity contribution in [2.75, 3.05) is 11.8 Å². The standard InChI is InChI=1S/C10H11NO4/c1-3-6-15-9-5-4-8(11(13)14)10(12)7(9)2/h1,4-5,12-14H,6H2,2H3/p-1. The predicted molar refractivity (Wildman–Crippen MR) is 51.0 cm³/mol. The quantitative estimate of drug-likeness (QED) is 0.564. The van der Waals surface area contributed by atoms with Crippen LogP contribution in [0, 0.1) is 19.3 Å². The highest BCUT2D eigenvalue weighted by molar-refractivity contribution is 5.61. The van der Waals surface area contributed by atoms with Gasteiger partial charge in [-0.05, 0) is 24.6 Å². The van der Waals surface area contributed by atoms with Crippen molar-refractivity contribution in [2.45, 2.75) is 6.92 Å². The molecule has 0 aromatic heterocycles. The lowest BCUT2D eigenvalue weighted by atomic mass is 10.1. The summed E-state index contributed by atoms with van der Waals surface area (Å²) < 4.78 is 5.08. The first-order valence-corrected chi connectivity index (χ1v) is 4.12. The van der Waals surface area contributed by atoms with Crippen molar-refractivity contribution in [2.24, 2.45) is 0 Å². The van der Waals surface area contributed by atoms with E-state index >= 15 is 0 Å². The largest absolute Gasteiger partial charge is 0.871 e. The Kier molecular flexibility index (Phi) is 3.39. The van der Waals surface area contributed by atoms with E-state index in [0.29, 0.717) is 5.75 Å². The molecule has 0 amide bonds. The van der Waals surface area contributed by atoms with Crippen LogP contribution in [0.25, 0.3) is 0 Å². The molecule has 1 aromatic carbocycles. The highest BCUT2D eigenvalue weighted by atomic mass is 16.8. The van der Waals surface area contributed by atoms with Crippen molar-refractivity contribution in [3.63, 3.8) is 0 Å². The van der Waals surface area contributed by atoms with Gasteiger partial charge in [-0.15, -0.1) is 11.6 Å². The Balaban J connectivity index is 3.05. The first kappa shape index (κ1) is 11.2. The number of hydrogen-bond donors (Lipinski definition) is 2. The zero-order valence-electron chi connectivity index (χ0n) is 8.10. The zero-order chi connectivity index (χ0) is 11.4. The van der Waals surface area contributed by atoms with Gasteiger partial charge < -0.3 is 9.84 Å². The van der Waals surface area contributed by atoms with Gasteiger partial charge in [-0.2, -0.15) is 0 Å². The van der Waals surface area contributed by atoms with Gasteiger partial charge in [-0.3, -0.25) is 10.4 Å². The Morgan fingerprint density at radius 1 is 1.53 bits per heavy atom. The summed E-state index contributed by atoms with van der Waals surface area (Å²) in [6.07, 6.45) is 5.00. The summed E-state index contributed by atoms with van der Waals surface area (Å²) in [5.74, 6) is 2.08. The number of benzene rings is 1. The molecule has 0 bridgehead atoms. The van der Waals surface area contributed by atoms with Crippen molar-refractivity contribution in [3.05, 3.63) is 17.7 Å². The van der Waals surface area contributed by atoms with E-state index in [1.165, 1.54) is 19.1 Å². The van der Waals surface area contributed by atoms with Gasteiger partial charge in [0, 0.05) is 0 Å². The first-order valence-electron chi connectivity index (χ1n) is 4.12. The van der Waals surface area contributed by atoms with E-state index < -0.39 is 5.75 Å². The maximum absolute atomic E-state index is 11.5. The average molecular weight is 208 g/mol. The van der Waals surface area contributed by atoms with Crippen LogP contribution < -0.4 is 15.1 Å². The van der Waals surface area contributed by atoms with E-state index in [4.69, 9.17) is 21.6 Å². The van der Waals surface area contributed by atoms with Gasteiger partial charge in [0.1, 0.15) is 12.4 Å². The third-order valence-corrected chi connectivity index (χ3v) is 1.86. The molecule has 0 heterocycles. The summed E-state index contributed by atoms with van der Waals surface area (Å²) in [5, 5.41) is 28.7. The molecule has 0 aliphatic heterocycles. The first-order chi connectivity index (χ1) is 7.07. The SMILES string of the molecule is C#CCOc1ccc(N(O)O)c([O-])c1C. The molecule has 0 spiro atoms. The van der Waals surface area contributed by atoms with Crippen LogP contribution in [-0.4, -0.2) is 17.0 Å². The minimum atomic E-state index is -0.519. The third-order valence-electron chi connectivity index (χ3n) is 1.86. The van der Waals surface area contributed by atoms with Crippen LogP contribution in [-0.2, 0) is 0 Å². The average Bonchev–Trinajstić information content (AvgIpc) is 2.20. The Bertz CT molecular complexity index is 395. The molecule has 0 saturated heterocycles. The molecule has 5 heteroatoms. The van der Waals surface area contributed by atoms with Crippen LogP contribution in [0.4, 0.5) is 5.69 Å². The fourth-order valence-corrected chi connectivity index (χ4v) is 1.09. The van der Waals surface area contributed by atoms with Crippen molar-refractivity contribution < 1.29 is 20.3 Å². The van der Waals surface area contributed by atoms with Gasteiger partial charge in [0.25, 0.3) is 0 Å². The van der Waals surface area contributed by atoms with Gasteiger partial charge in [0.15, 0.2) is 0 Å². The summed E-state index contributed by atoms with van der Waals surface area (Å²) in [5.41, 5.74) is 0.0383. The van der Waals surface area contributed by atoms with E-state index in [2.05, 4.69) is 5.92 Å². The van der Waals surface area contributed by atoms with Gasteiger partial charge >= 0.3 is 0 Å². The number of terminal acetylenes is 1. The van der Waals surface area contributed by atoms with E-state index in [1.54, 1.807) is 0 Å². The molecule has 0 radical (unpaired) electrons. The summed E-state index contributed by atoms with van der Waals surface area (Å²) in [7, 11) is 0. The van der Waals surface area contributed by atoms with Crippen molar-refractivity contribution in [3.8, 4) is 23.8 Å². The predicted octanol–water partition coefficient (Wildman–Crippen LogP) is 0.665. The molecule has 1 aromatic rings. The van der Waals surface area contributed by atoms with Gasteiger partial charge in [0.05, 0.1) is 5.69 Å². The molecule has 5 nitrogen and oxygen atoms in total. The number of ether oxygens (including phenoxy) is 1. The van der Waals surface area contributed by atoms with Crippen LogP contribution in [0.3, 0.4) is 0 Å². The molecule has 1 rings (SSSR count). The highest BCUT2D eigenvalue weighted by Gasteiger charge is 2.06. The van der Waals surface area contributed by atoms with Crippen molar-refractivity contribution in [1.29, 1.82) is 0 Å². The monoisotopic (exact) mass is 208 g/mol. The summed E-state index contributed by atoms with van der Waals surface area (Å²) in [4.78, 5) is 0. The second kappa shape index (κ2) is 4.55. The minimum Gasteiger partial charge on any atom is -0.871 e. The fraction of sp³-hybridized carbons (Fsp3) is 0.200. The molecule has 2 N–H and O–H groups in total. The van der Waals surface area contributed by atoms with Crippen LogP contribution in [0.1, 0.15) is 5.56 Å². The van der Waals surface area contributed by atoms with E-state index in [1.807, 2.05) is 0 Å². The summed E-state index contributed by atoms with van der Waals surface area (Å²) >= 11 is 0. The Hall–Kier alpha value is -1.90. The number of nitrogens with zero attached hydrogens (tertiary/aromatic N) is 1. The Labute approximate surface area is 87.1 Å². The topological polar surface area (TPSA) is 76.0 Å². The van der Waals surface area contributed by atoms with Crippen LogP contribution >= 0.6 is 0 Å². The fourth-order valence-electron chi connectivity index (χ4n) is 1.09. The molecule has 80 valence electrons. The normalized spacial score (nSPS) is 9.47. The molecule has 0 aliphatic rings. The van der Waals surface area contributed by atoms with E-state index in [-0.39, 0.29) is 23.1 Å². The lowest BCUT2D eigenvalue weighted by Gasteiger charge is -2.21. The van der Waals surface area contributed by atoms with E-state index in [0.717, 1.165) is 0 Å². The van der Waals surface area contributed by atoms with Crippen LogP contribution in [0.15, 0.2) is 12.1 Å². The molecular formula is C10H10NO4-. The molecule has 0 fully saturated rings. The molecule has 15 heavy (non-hydrogen) atoms. The Morgan fingerprint density at radius 2 is 2.20 bits per heavy atom. The molecule has 0 unspecified atom stereocenters. The zero-order valence-corrected chi connectivity index (χ0v) is 8.10. The minimum absolute atomic E-state index is 0.0571. The Morgan fingerprint density at radius 3 is 2.73 bits per heavy atom. The maximum atomic E-state index is 11.5. The smallest absolute Gasteiger partial charge is 0.148 e. The third kappa shape index (κ3) is 2.31. The number of hydrogen-bond acceptors (Lipinski definition) is 5. The molecule has 0 saturated carbocycles. The summed E-state index contributed by atoms with van der Waals surface area (Å²) in [6, 6.07) is 2.68. The van der Waals surface area contributed by atoms with E-state index in [9.17, 15) is 5.11 Å².